The van der Waals surface area contributed by atoms with E-state index in [2.05, 4.69) is 5.32 Å². The summed E-state index contributed by atoms with van der Waals surface area (Å²) in [7, 11) is 1.82. The summed E-state index contributed by atoms with van der Waals surface area (Å²) in [4.78, 5) is 28.4. The first-order chi connectivity index (χ1) is 14.5. The quantitative estimate of drug-likeness (QED) is 0.756. The smallest absolute Gasteiger partial charge is 0.321 e. The van der Waals surface area contributed by atoms with Crippen molar-refractivity contribution >= 4 is 23.7 Å². The molecule has 0 atom stereocenters. The summed E-state index contributed by atoms with van der Waals surface area (Å²) in [6.07, 6.45) is 5.71. The largest absolute Gasteiger partial charge is 0.345 e. The van der Waals surface area contributed by atoms with Gasteiger partial charge in [0.25, 0.3) is 0 Å². The van der Waals surface area contributed by atoms with E-state index in [9.17, 15) is 14.0 Å². The summed E-state index contributed by atoms with van der Waals surface area (Å²) >= 11 is 0. The third-order valence-corrected chi connectivity index (χ3v) is 5.36. The van der Waals surface area contributed by atoms with Crippen molar-refractivity contribution in [2.24, 2.45) is 5.92 Å². The van der Waals surface area contributed by atoms with Crippen LogP contribution in [0, 0.1) is 11.7 Å². The SMILES string of the molecule is CN(CC1CCN(C(=O)Nc2ccccc2)CC1)C(=O)CC=Cc1ccc(F)cc1. The number of benzene rings is 2. The van der Waals surface area contributed by atoms with Gasteiger partial charge >= 0.3 is 6.03 Å². The Morgan fingerprint density at radius 1 is 1.10 bits per heavy atom. The third kappa shape index (κ3) is 6.44. The lowest BCUT2D eigenvalue weighted by atomic mass is 9.96. The highest BCUT2D eigenvalue weighted by molar-refractivity contribution is 5.89. The first kappa shape index (κ1) is 21.6. The summed E-state index contributed by atoms with van der Waals surface area (Å²) < 4.78 is 12.9. The van der Waals surface area contributed by atoms with E-state index in [0.29, 0.717) is 32.0 Å². The number of hydrogen-bond acceptors (Lipinski definition) is 2. The van der Waals surface area contributed by atoms with Crippen molar-refractivity contribution in [2.45, 2.75) is 19.3 Å². The number of halogens is 1. The molecule has 0 radical (unpaired) electrons. The zero-order chi connectivity index (χ0) is 21.3. The van der Waals surface area contributed by atoms with Crippen LogP contribution in [0.1, 0.15) is 24.8 Å². The molecule has 2 aromatic rings. The van der Waals surface area contributed by atoms with Crippen LogP contribution in [-0.4, -0.2) is 48.4 Å². The molecule has 1 aliphatic rings. The molecule has 158 valence electrons. The van der Waals surface area contributed by atoms with E-state index in [1.165, 1.54) is 12.1 Å². The van der Waals surface area contributed by atoms with Gasteiger partial charge in [0.1, 0.15) is 5.82 Å². The minimum atomic E-state index is -0.272. The maximum Gasteiger partial charge on any atom is 0.321 e. The van der Waals surface area contributed by atoms with Crippen LogP contribution in [0.25, 0.3) is 6.08 Å². The Balaban J connectivity index is 1.38. The van der Waals surface area contributed by atoms with E-state index >= 15 is 0 Å². The topological polar surface area (TPSA) is 52.6 Å². The van der Waals surface area contributed by atoms with Crippen LogP contribution in [0.4, 0.5) is 14.9 Å². The molecule has 1 heterocycles. The Hall–Kier alpha value is -3.15. The molecule has 1 fully saturated rings. The normalized spacial score (nSPS) is 14.7. The van der Waals surface area contributed by atoms with Gasteiger partial charge in [0, 0.05) is 38.8 Å². The average molecular weight is 410 g/mol. The van der Waals surface area contributed by atoms with E-state index < -0.39 is 0 Å². The number of likely N-dealkylation sites (tertiary alicyclic amines) is 1. The zero-order valence-electron chi connectivity index (χ0n) is 17.3. The van der Waals surface area contributed by atoms with Gasteiger partial charge in [-0.25, -0.2) is 9.18 Å². The molecule has 30 heavy (non-hydrogen) atoms. The van der Waals surface area contributed by atoms with Crippen molar-refractivity contribution in [3.8, 4) is 0 Å². The highest BCUT2D eigenvalue weighted by Crippen LogP contribution is 2.19. The number of piperidine rings is 1. The Morgan fingerprint density at radius 2 is 1.77 bits per heavy atom. The van der Waals surface area contributed by atoms with Gasteiger partial charge in [0.15, 0.2) is 0 Å². The van der Waals surface area contributed by atoms with Crippen molar-refractivity contribution in [2.75, 3.05) is 32.0 Å². The number of amides is 3. The Kier molecular flexibility index (Phi) is 7.60. The predicted molar refractivity (Wildman–Crippen MR) is 117 cm³/mol. The lowest BCUT2D eigenvalue weighted by molar-refractivity contribution is -0.129. The van der Waals surface area contributed by atoms with Crippen LogP contribution in [-0.2, 0) is 4.79 Å². The fourth-order valence-electron chi connectivity index (χ4n) is 3.56. The number of carbonyl (C=O) groups excluding carboxylic acids is 2. The van der Waals surface area contributed by atoms with Crippen LogP contribution in [0.15, 0.2) is 60.7 Å². The van der Waals surface area contributed by atoms with E-state index in [-0.39, 0.29) is 17.8 Å². The minimum Gasteiger partial charge on any atom is -0.345 e. The molecule has 0 spiro atoms. The fraction of sp³-hybridized carbons (Fsp3) is 0.333. The minimum absolute atomic E-state index is 0.0533. The second kappa shape index (κ2) is 10.6. The van der Waals surface area contributed by atoms with Gasteiger partial charge in [0.05, 0.1) is 0 Å². The zero-order valence-corrected chi connectivity index (χ0v) is 17.3. The monoisotopic (exact) mass is 409 g/mol. The molecule has 0 bridgehead atoms. The molecule has 0 unspecified atom stereocenters. The van der Waals surface area contributed by atoms with Gasteiger partial charge in [-0.05, 0) is 48.6 Å². The third-order valence-electron chi connectivity index (χ3n) is 5.36. The standard InChI is InChI=1S/C24H28FN3O2/c1-27(23(29)9-5-6-19-10-12-21(25)13-11-19)18-20-14-16-28(17-15-20)24(30)26-22-7-3-2-4-8-22/h2-8,10-13,20H,9,14-18H2,1H3,(H,26,30). The summed E-state index contributed by atoms with van der Waals surface area (Å²) in [5.74, 6) is 0.171. The molecule has 2 aromatic carbocycles. The molecule has 1 aliphatic heterocycles. The first-order valence-corrected chi connectivity index (χ1v) is 10.3. The van der Waals surface area contributed by atoms with E-state index in [0.717, 1.165) is 24.1 Å². The number of carbonyl (C=O) groups is 2. The molecule has 3 amide bonds. The number of rotatable bonds is 6. The molecular weight excluding hydrogens is 381 g/mol. The van der Waals surface area contributed by atoms with Crippen LogP contribution in [0.3, 0.4) is 0 Å². The molecule has 6 heteroatoms. The lowest BCUT2D eigenvalue weighted by Crippen LogP contribution is -2.43. The van der Waals surface area contributed by atoms with Crippen molar-refractivity contribution in [3.63, 3.8) is 0 Å². The molecule has 5 nitrogen and oxygen atoms in total. The number of nitrogens with one attached hydrogen (secondary N) is 1. The molecular formula is C24H28FN3O2. The number of hydrogen-bond donors (Lipinski definition) is 1. The van der Waals surface area contributed by atoms with Gasteiger partial charge in [-0.15, -0.1) is 0 Å². The predicted octanol–water partition coefficient (Wildman–Crippen LogP) is 4.63. The number of urea groups is 1. The van der Waals surface area contributed by atoms with Gasteiger partial charge in [0.2, 0.25) is 5.91 Å². The Labute approximate surface area is 177 Å². The van der Waals surface area contributed by atoms with Crippen molar-refractivity contribution in [1.82, 2.24) is 9.80 Å². The second-order valence-electron chi connectivity index (χ2n) is 7.66. The van der Waals surface area contributed by atoms with Gasteiger partial charge in [-0.2, -0.15) is 0 Å². The van der Waals surface area contributed by atoms with Crippen LogP contribution in [0.5, 0.6) is 0 Å². The van der Waals surface area contributed by atoms with Crippen LogP contribution >= 0.6 is 0 Å². The molecule has 0 aliphatic carbocycles. The van der Waals surface area contributed by atoms with Gasteiger partial charge in [-0.3, -0.25) is 4.79 Å². The average Bonchev–Trinajstić information content (AvgIpc) is 2.76. The maximum atomic E-state index is 12.9. The van der Waals surface area contributed by atoms with Crippen molar-refractivity contribution in [1.29, 1.82) is 0 Å². The number of para-hydroxylation sites is 1. The number of anilines is 1. The molecule has 0 saturated carbocycles. The van der Waals surface area contributed by atoms with E-state index in [1.807, 2.05) is 54.4 Å². The van der Waals surface area contributed by atoms with Crippen LogP contribution in [0.2, 0.25) is 0 Å². The van der Waals surface area contributed by atoms with Gasteiger partial charge < -0.3 is 15.1 Å². The Morgan fingerprint density at radius 3 is 2.43 bits per heavy atom. The molecule has 1 N–H and O–H groups in total. The van der Waals surface area contributed by atoms with Crippen molar-refractivity contribution in [3.05, 3.63) is 72.1 Å². The lowest BCUT2D eigenvalue weighted by Gasteiger charge is -2.33. The molecule has 1 saturated heterocycles. The van der Waals surface area contributed by atoms with Crippen molar-refractivity contribution < 1.29 is 14.0 Å². The summed E-state index contributed by atoms with van der Waals surface area (Å²) in [5.41, 5.74) is 1.66. The molecule has 0 aromatic heterocycles. The maximum absolute atomic E-state index is 12.9. The summed E-state index contributed by atoms with van der Waals surface area (Å²) in [5, 5.41) is 2.92. The Bertz CT molecular complexity index is 860. The van der Waals surface area contributed by atoms with E-state index in [4.69, 9.17) is 0 Å². The highest BCUT2D eigenvalue weighted by Gasteiger charge is 2.24. The second-order valence-corrected chi connectivity index (χ2v) is 7.66. The van der Waals surface area contributed by atoms with Gasteiger partial charge in [-0.1, -0.05) is 42.5 Å². The highest BCUT2D eigenvalue weighted by atomic mass is 19.1. The number of nitrogens with zero attached hydrogens (tertiary/aromatic N) is 2. The first-order valence-electron chi connectivity index (χ1n) is 10.3. The van der Waals surface area contributed by atoms with Crippen LogP contribution < -0.4 is 5.32 Å². The summed E-state index contributed by atoms with van der Waals surface area (Å²) in [6, 6.07) is 15.5. The fourth-order valence-corrected chi connectivity index (χ4v) is 3.56. The van der Waals surface area contributed by atoms with E-state index in [1.54, 1.807) is 17.0 Å². The summed E-state index contributed by atoms with van der Waals surface area (Å²) in [6.45, 7) is 2.07. The molecule has 3 rings (SSSR count).